The molecule has 3 nitrogen and oxygen atoms in total. The van der Waals surface area contributed by atoms with Gasteiger partial charge in [-0.2, -0.15) is 0 Å². The molecule has 4 heteroatoms. The monoisotopic (exact) mass is 139 g/mol. The first-order chi connectivity index (χ1) is 3.27. The summed E-state index contributed by atoms with van der Waals surface area (Å²) in [7, 11) is 0. The molecule has 0 aliphatic heterocycles. The molecule has 0 aromatic heterocycles. The quantitative estimate of drug-likeness (QED) is 0.457. The number of halogens is 1. The topological polar surface area (TPSA) is 38.3 Å². The Bertz CT molecular complexity index is 58.0. The summed E-state index contributed by atoms with van der Waals surface area (Å²) in [4.78, 5) is 14.0. The predicted octanol–water partition coefficient (Wildman–Crippen LogP) is 0.494. The van der Waals surface area contributed by atoms with Crippen molar-refractivity contribution in [2.45, 2.75) is 20.0 Å². The second-order valence-corrected chi connectivity index (χ2v) is 1.40. The molecule has 0 fully saturated rings. The number of carbonyl (C=O) groups is 1. The van der Waals surface area contributed by atoms with E-state index in [1.54, 1.807) is 0 Å². The molecular formula is C4H10ClNO2. The van der Waals surface area contributed by atoms with Gasteiger partial charge in [0.15, 0.2) is 0 Å². The summed E-state index contributed by atoms with van der Waals surface area (Å²) < 4.78 is 0. The van der Waals surface area contributed by atoms with E-state index in [0.717, 1.165) is 0 Å². The Hall–Kier alpha value is -0.280. The Morgan fingerprint density at radius 3 is 2.25 bits per heavy atom. The zero-order chi connectivity index (χ0) is 5.70. The molecule has 0 unspecified atom stereocenters. The lowest BCUT2D eigenvalue weighted by Gasteiger charge is -2.00. The first-order valence-electron chi connectivity index (χ1n) is 2.12. The second-order valence-electron chi connectivity index (χ2n) is 1.40. The normalized spacial score (nSPS) is 7.88. The van der Waals surface area contributed by atoms with Gasteiger partial charge >= 0.3 is 0 Å². The smallest absolute Gasteiger partial charge is 0.230 e. The van der Waals surface area contributed by atoms with Gasteiger partial charge in [-0.3, -0.25) is 9.63 Å². The summed E-state index contributed by atoms with van der Waals surface area (Å²) in [6, 6.07) is 0. The second kappa shape index (κ2) is 6.72. The van der Waals surface area contributed by atoms with E-state index in [9.17, 15) is 4.79 Å². The zero-order valence-corrected chi connectivity index (χ0v) is 5.70. The molecule has 0 aromatic carbocycles. The van der Waals surface area contributed by atoms with Crippen LogP contribution in [0.5, 0.6) is 0 Å². The van der Waals surface area contributed by atoms with Gasteiger partial charge in [0.2, 0.25) is 6.41 Å². The van der Waals surface area contributed by atoms with E-state index in [0.29, 0.717) is 6.41 Å². The average Bonchev–Trinajstić information content (AvgIpc) is 1.61. The Kier molecular flexibility index (Phi) is 8.95. The van der Waals surface area contributed by atoms with Crippen LogP contribution in [0.2, 0.25) is 0 Å². The molecule has 0 aliphatic rings. The number of carbonyl (C=O) groups excluding carboxylic acids is 1. The molecule has 0 saturated carbocycles. The Labute approximate surface area is 54.8 Å². The van der Waals surface area contributed by atoms with Gasteiger partial charge in [-0.25, -0.2) is 5.48 Å². The van der Waals surface area contributed by atoms with Gasteiger partial charge in [0.05, 0.1) is 6.10 Å². The lowest BCUT2D eigenvalue weighted by atomic mass is 10.5. The van der Waals surface area contributed by atoms with Gasteiger partial charge < -0.3 is 0 Å². The van der Waals surface area contributed by atoms with E-state index in [1.165, 1.54) is 0 Å². The summed E-state index contributed by atoms with van der Waals surface area (Å²) in [5.41, 5.74) is 2.07. The van der Waals surface area contributed by atoms with Crippen LogP contribution in [0.1, 0.15) is 13.8 Å². The van der Waals surface area contributed by atoms with Crippen molar-refractivity contribution in [1.29, 1.82) is 0 Å². The molecule has 8 heavy (non-hydrogen) atoms. The molecule has 0 bridgehead atoms. The number of rotatable bonds is 3. The lowest BCUT2D eigenvalue weighted by Crippen LogP contribution is -2.16. The number of hydroxylamine groups is 1. The average molecular weight is 140 g/mol. The zero-order valence-electron chi connectivity index (χ0n) is 4.88. The van der Waals surface area contributed by atoms with Crippen LogP contribution >= 0.6 is 12.4 Å². The Balaban J connectivity index is 0. The molecule has 0 radical (unpaired) electrons. The fourth-order valence-electron chi connectivity index (χ4n) is 0.164. The predicted molar refractivity (Wildman–Crippen MR) is 32.7 cm³/mol. The maximum atomic E-state index is 9.47. The molecule has 0 aliphatic carbocycles. The standard InChI is InChI=1S/C4H9NO2.ClH/c1-4(2)7-5-3-6;/h3-4H,1-2H3,(H,5,6);1H. The molecular weight excluding hydrogens is 130 g/mol. The van der Waals surface area contributed by atoms with Gasteiger partial charge in [0.25, 0.3) is 0 Å². The van der Waals surface area contributed by atoms with E-state index < -0.39 is 0 Å². The van der Waals surface area contributed by atoms with Gasteiger partial charge in [-0.1, -0.05) is 0 Å². The maximum Gasteiger partial charge on any atom is 0.230 e. The van der Waals surface area contributed by atoms with Crippen molar-refractivity contribution in [2.75, 3.05) is 0 Å². The third-order valence-corrected chi connectivity index (χ3v) is 0.352. The highest BCUT2D eigenvalue weighted by Gasteiger charge is 1.86. The molecule has 1 N–H and O–H groups in total. The maximum absolute atomic E-state index is 9.47. The summed E-state index contributed by atoms with van der Waals surface area (Å²) in [5.74, 6) is 0. The van der Waals surface area contributed by atoms with E-state index in [2.05, 4.69) is 10.3 Å². The fourth-order valence-corrected chi connectivity index (χ4v) is 0.164. The molecule has 0 saturated heterocycles. The molecule has 0 rings (SSSR count). The summed E-state index contributed by atoms with van der Waals surface area (Å²) >= 11 is 0. The highest BCUT2D eigenvalue weighted by Crippen LogP contribution is 1.78. The highest BCUT2D eigenvalue weighted by atomic mass is 35.5. The number of nitrogens with one attached hydrogen (secondary N) is 1. The molecule has 0 aromatic rings. The third-order valence-electron chi connectivity index (χ3n) is 0.352. The number of amides is 1. The van der Waals surface area contributed by atoms with Crippen molar-refractivity contribution < 1.29 is 9.63 Å². The van der Waals surface area contributed by atoms with Gasteiger partial charge in [-0.05, 0) is 13.8 Å². The first-order valence-corrected chi connectivity index (χ1v) is 2.12. The fraction of sp³-hybridized carbons (Fsp3) is 0.750. The molecule has 0 atom stereocenters. The van der Waals surface area contributed by atoms with Crippen LogP contribution in [0.3, 0.4) is 0 Å². The number of hydrogen-bond donors (Lipinski definition) is 1. The van der Waals surface area contributed by atoms with Crippen LogP contribution in [0.4, 0.5) is 0 Å². The van der Waals surface area contributed by atoms with Crippen LogP contribution in [-0.4, -0.2) is 12.5 Å². The van der Waals surface area contributed by atoms with Gasteiger partial charge in [0, 0.05) is 0 Å². The largest absolute Gasteiger partial charge is 0.277 e. The third kappa shape index (κ3) is 9.21. The van der Waals surface area contributed by atoms with Crippen LogP contribution in [0.25, 0.3) is 0 Å². The van der Waals surface area contributed by atoms with Crippen molar-refractivity contribution >= 4 is 18.8 Å². The van der Waals surface area contributed by atoms with Crippen LogP contribution in [-0.2, 0) is 9.63 Å². The Morgan fingerprint density at radius 2 is 2.12 bits per heavy atom. The van der Waals surface area contributed by atoms with Crippen molar-refractivity contribution in [1.82, 2.24) is 5.48 Å². The minimum absolute atomic E-state index is 0. The summed E-state index contributed by atoms with van der Waals surface area (Å²) in [5, 5.41) is 0. The molecule has 0 spiro atoms. The summed E-state index contributed by atoms with van der Waals surface area (Å²) in [6.45, 7) is 3.66. The van der Waals surface area contributed by atoms with Crippen LogP contribution in [0.15, 0.2) is 0 Å². The van der Waals surface area contributed by atoms with E-state index in [1.807, 2.05) is 13.8 Å². The molecule has 0 heterocycles. The van der Waals surface area contributed by atoms with E-state index >= 15 is 0 Å². The highest BCUT2D eigenvalue weighted by molar-refractivity contribution is 5.85. The van der Waals surface area contributed by atoms with Crippen LogP contribution in [0, 0.1) is 0 Å². The van der Waals surface area contributed by atoms with E-state index in [-0.39, 0.29) is 18.5 Å². The minimum atomic E-state index is 0. The van der Waals surface area contributed by atoms with Crippen molar-refractivity contribution in [2.24, 2.45) is 0 Å². The SMILES string of the molecule is CC(C)ONC=O.Cl. The molecule has 1 amide bonds. The van der Waals surface area contributed by atoms with Crippen molar-refractivity contribution in [3.63, 3.8) is 0 Å². The van der Waals surface area contributed by atoms with Gasteiger partial charge in [0.1, 0.15) is 0 Å². The summed E-state index contributed by atoms with van der Waals surface area (Å²) in [6.07, 6.45) is 0.560. The minimum Gasteiger partial charge on any atom is -0.277 e. The lowest BCUT2D eigenvalue weighted by molar-refractivity contribution is -0.123. The molecule has 50 valence electrons. The van der Waals surface area contributed by atoms with E-state index in [4.69, 9.17) is 0 Å². The van der Waals surface area contributed by atoms with Crippen molar-refractivity contribution in [3.05, 3.63) is 0 Å². The van der Waals surface area contributed by atoms with Crippen molar-refractivity contribution in [3.8, 4) is 0 Å². The number of hydrogen-bond acceptors (Lipinski definition) is 2. The Morgan fingerprint density at radius 1 is 1.62 bits per heavy atom. The van der Waals surface area contributed by atoms with Crippen LogP contribution < -0.4 is 5.48 Å². The van der Waals surface area contributed by atoms with Gasteiger partial charge in [-0.15, -0.1) is 12.4 Å². The first kappa shape index (κ1) is 10.7.